The molecule has 0 radical (unpaired) electrons. The molecular weight excluding hydrogens is 234 g/mol. The van der Waals surface area contributed by atoms with Crippen molar-refractivity contribution in [2.24, 2.45) is 11.8 Å². The van der Waals surface area contributed by atoms with E-state index in [0.29, 0.717) is 6.04 Å². The summed E-state index contributed by atoms with van der Waals surface area (Å²) in [5, 5.41) is 8.19. The first-order valence-corrected chi connectivity index (χ1v) is 7.96. The van der Waals surface area contributed by atoms with Crippen LogP contribution in [0.3, 0.4) is 0 Å². The first-order chi connectivity index (χ1) is 9.22. The molecule has 1 aromatic rings. The lowest BCUT2D eigenvalue weighted by Gasteiger charge is -2.35. The van der Waals surface area contributed by atoms with Gasteiger partial charge in [-0.2, -0.15) is 5.10 Å². The topological polar surface area (TPSA) is 29.9 Å². The van der Waals surface area contributed by atoms with E-state index in [-0.39, 0.29) is 0 Å². The van der Waals surface area contributed by atoms with Crippen molar-refractivity contribution < 1.29 is 0 Å². The monoisotopic (exact) mass is 263 g/mol. The lowest BCUT2D eigenvalue weighted by atomic mass is 9.78. The van der Waals surface area contributed by atoms with Gasteiger partial charge in [-0.15, -0.1) is 0 Å². The summed E-state index contributed by atoms with van der Waals surface area (Å²) in [6.07, 6.45) is 8.60. The summed E-state index contributed by atoms with van der Waals surface area (Å²) in [5.41, 5.74) is 1.33. The molecule has 1 aliphatic carbocycles. The molecule has 1 aromatic heterocycles. The van der Waals surface area contributed by atoms with Crippen LogP contribution < -0.4 is 5.32 Å². The van der Waals surface area contributed by atoms with Crippen LogP contribution in [0.4, 0.5) is 0 Å². The highest BCUT2D eigenvalue weighted by molar-refractivity contribution is 5.01. The SMILES string of the molecule is CCCn1nccc1CNC1CCCCC1C(C)C. The number of aryl methyl sites for hydroxylation is 1. The van der Waals surface area contributed by atoms with E-state index in [4.69, 9.17) is 0 Å². The van der Waals surface area contributed by atoms with Crippen LogP contribution in [-0.4, -0.2) is 15.8 Å². The molecule has 0 aromatic carbocycles. The number of hydrogen-bond acceptors (Lipinski definition) is 2. The average molecular weight is 263 g/mol. The van der Waals surface area contributed by atoms with Gasteiger partial charge in [-0.25, -0.2) is 0 Å². The molecule has 1 heterocycles. The smallest absolute Gasteiger partial charge is 0.0522 e. The van der Waals surface area contributed by atoms with E-state index in [1.807, 2.05) is 6.20 Å². The number of nitrogens with zero attached hydrogens (tertiary/aromatic N) is 2. The molecule has 0 saturated heterocycles. The van der Waals surface area contributed by atoms with E-state index in [1.54, 1.807) is 0 Å². The van der Waals surface area contributed by atoms with Crippen LogP contribution in [0.25, 0.3) is 0 Å². The second-order valence-corrected chi connectivity index (χ2v) is 6.23. The summed E-state index contributed by atoms with van der Waals surface area (Å²) in [4.78, 5) is 0. The lowest BCUT2D eigenvalue weighted by molar-refractivity contribution is 0.203. The number of aromatic nitrogens is 2. The minimum Gasteiger partial charge on any atom is -0.308 e. The van der Waals surface area contributed by atoms with Gasteiger partial charge in [-0.05, 0) is 37.2 Å². The molecule has 0 aliphatic heterocycles. The number of hydrogen-bond donors (Lipinski definition) is 1. The van der Waals surface area contributed by atoms with E-state index in [2.05, 4.69) is 41.9 Å². The molecule has 19 heavy (non-hydrogen) atoms. The molecular formula is C16H29N3. The molecule has 0 amide bonds. The molecule has 3 heteroatoms. The molecule has 0 bridgehead atoms. The fourth-order valence-electron chi connectivity index (χ4n) is 3.37. The molecule has 0 spiro atoms. The normalized spacial score (nSPS) is 24.0. The van der Waals surface area contributed by atoms with Crippen LogP contribution in [-0.2, 0) is 13.1 Å². The summed E-state index contributed by atoms with van der Waals surface area (Å²) < 4.78 is 2.14. The Morgan fingerprint density at radius 3 is 2.89 bits per heavy atom. The summed E-state index contributed by atoms with van der Waals surface area (Å²) in [7, 11) is 0. The number of nitrogens with one attached hydrogen (secondary N) is 1. The highest BCUT2D eigenvalue weighted by Crippen LogP contribution is 2.30. The van der Waals surface area contributed by atoms with E-state index in [9.17, 15) is 0 Å². The maximum Gasteiger partial charge on any atom is 0.0522 e. The molecule has 1 N–H and O–H groups in total. The van der Waals surface area contributed by atoms with Crippen molar-refractivity contribution in [2.75, 3.05) is 0 Å². The second-order valence-electron chi connectivity index (χ2n) is 6.23. The molecule has 1 aliphatic rings. The van der Waals surface area contributed by atoms with Crippen molar-refractivity contribution in [3.05, 3.63) is 18.0 Å². The van der Waals surface area contributed by atoms with E-state index >= 15 is 0 Å². The Balaban J connectivity index is 1.91. The summed E-state index contributed by atoms with van der Waals surface area (Å²) in [6.45, 7) is 8.93. The number of rotatable bonds is 6. The maximum atomic E-state index is 4.40. The highest BCUT2D eigenvalue weighted by atomic mass is 15.3. The quantitative estimate of drug-likeness (QED) is 0.850. The van der Waals surface area contributed by atoms with Crippen molar-refractivity contribution >= 4 is 0 Å². The van der Waals surface area contributed by atoms with Crippen molar-refractivity contribution in [1.29, 1.82) is 0 Å². The van der Waals surface area contributed by atoms with Crippen molar-refractivity contribution in [3.8, 4) is 0 Å². The predicted octanol–water partition coefficient (Wildman–Crippen LogP) is 3.60. The van der Waals surface area contributed by atoms with Crippen LogP contribution in [0.1, 0.15) is 58.6 Å². The molecule has 2 unspecified atom stereocenters. The van der Waals surface area contributed by atoms with E-state index in [0.717, 1.165) is 31.3 Å². The minimum atomic E-state index is 0.693. The van der Waals surface area contributed by atoms with Crippen LogP contribution >= 0.6 is 0 Å². The Labute approximate surface area is 117 Å². The lowest BCUT2D eigenvalue weighted by Crippen LogP contribution is -2.40. The maximum absolute atomic E-state index is 4.40. The molecule has 1 saturated carbocycles. The molecule has 3 nitrogen and oxygen atoms in total. The predicted molar refractivity (Wildman–Crippen MR) is 79.9 cm³/mol. The van der Waals surface area contributed by atoms with Crippen molar-refractivity contribution in [2.45, 2.75) is 72.0 Å². The standard InChI is InChI=1S/C16H29N3/c1-4-11-19-14(9-10-18-19)12-17-16-8-6-5-7-15(16)13(2)3/h9-10,13,15-17H,4-8,11-12H2,1-3H3. The third kappa shape index (κ3) is 3.82. The minimum absolute atomic E-state index is 0.693. The van der Waals surface area contributed by atoms with Gasteiger partial charge in [0.2, 0.25) is 0 Å². The van der Waals surface area contributed by atoms with Gasteiger partial charge in [-0.1, -0.05) is 33.6 Å². The van der Waals surface area contributed by atoms with Gasteiger partial charge in [0.15, 0.2) is 0 Å². The molecule has 2 rings (SSSR count). The van der Waals surface area contributed by atoms with Gasteiger partial charge in [0.05, 0.1) is 5.69 Å². The Bertz CT molecular complexity index is 370. The largest absolute Gasteiger partial charge is 0.308 e. The molecule has 2 atom stereocenters. The van der Waals surface area contributed by atoms with E-state index < -0.39 is 0 Å². The Morgan fingerprint density at radius 1 is 1.37 bits per heavy atom. The Kier molecular flexibility index (Phi) is 5.44. The van der Waals surface area contributed by atoms with Gasteiger partial charge in [0.25, 0.3) is 0 Å². The van der Waals surface area contributed by atoms with Crippen LogP contribution in [0, 0.1) is 11.8 Å². The van der Waals surface area contributed by atoms with Gasteiger partial charge >= 0.3 is 0 Å². The van der Waals surface area contributed by atoms with Crippen molar-refractivity contribution in [1.82, 2.24) is 15.1 Å². The van der Waals surface area contributed by atoms with Gasteiger partial charge in [0, 0.05) is 25.3 Å². The third-order valence-corrected chi connectivity index (χ3v) is 4.46. The van der Waals surface area contributed by atoms with Crippen LogP contribution in [0.5, 0.6) is 0 Å². The highest BCUT2D eigenvalue weighted by Gasteiger charge is 2.27. The fourth-order valence-corrected chi connectivity index (χ4v) is 3.37. The van der Waals surface area contributed by atoms with Gasteiger partial charge in [-0.3, -0.25) is 4.68 Å². The van der Waals surface area contributed by atoms with Gasteiger partial charge in [0.1, 0.15) is 0 Å². The summed E-state index contributed by atoms with van der Waals surface area (Å²) in [5.74, 6) is 1.63. The zero-order chi connectivity index (χ0) is 13.7. The first kappa shape index (κ1) is 14.6. The zero-order valence-electron chi connectivity index (χ0n) is 12.7. The third-order valence-electron chi connectivity index (χ3n) is 4.46. The fraction of sp³-hybridized carbons (Fsp3) is 0.812. The average Bonchev–Trinajstić information content (AvgIpc) is 2.84. The summed E-state index contributed by atoms with van der Waals surface area (Å²) in [6, 6.07) is 2.84. The van der Waals surface area contributed by atoms with Crippen LogP contribution in [0.15, 0.2) is 12.3 Å². The zero-order valence-corrected chi connectivity index (χ0v) is 12.7. The molecule has 1 fully saturated rings. The summed E-state index contributed by atoms with van der Waals surface area (Å²) >= 11 is 0. The Morgan fingerprint density at radius 2 is 2.16 bits per heavy atom. The first-order valence-electron chi connectivity index (χ1n) is 7.96. The van der Waals surface area contributed by atoms with Gasteiger partial charge < -0.3 is 5.32 Å². The van der Waals surface area contributed by atoms with Crippen LogP contribution in [0.2, 0.25) is 0 Å². The van der Waals surface area contributed by atoms with E-state index in [1.165, 1.54) is 31.4 Å². The molecule has 108 valence electrons. The second kappa shape index (κ2) is 7.09. The Hall–Kier alpha value is -0.830. The van der Waals surface area contributed by atoms with Crippen molar-refractivity contribution in [3.63, 3.8) is 0 Å².